The first-order valence-electron chi connectivity index (χ1n) is 6.27. The lowest BCUT2D eigenvalue weighted by Crippen LogP contribution is -2.56. The minimum atomic E-state index is -0.525. The van der Waals surface area contributed by atoms with E-state index in [1.54, 1.807) is 4.90 Å². The number of amides is 5. The number of fused-ring (bicyclic) bond motifs is 1. The smallest absolute Gasteiger partial charge is 0.324 e. The summed E-state index contributed by atoms with van der Waals surface area (Å²) in [6.07, 6.45) is 1.96. The minimum Gasteiger partial charge on any atom is -0.338 e. The van der Waals surface area contributed by atoms with Gasteiger partial charge in [-0.25, -0.2) is 9.59 Å². The van der Waals surface area contributed by atoms with Crippen LogP contribution in [0.5, 0.6) is 0 Å². The van der Waals surface area contributed by atoms with Crippen LogP contribution in [0, 0.1) is 0 Å². The van der Waals surface area contributed by atoms with Crippen molar-refractivity contribution in [3.63, 3.8) is 0 Å². The number of carbonyl (C=O) groups is 3. The zero-order valence-corrected chi connectivity index (χ0v) is 10.4. The SMILES string of the molecule is CCCCNC(=O)N1CCN2C(=O)NC(=O)C2C1. The normalized spacial score (nSPS) is 22.8. The number of unbranched alkanes of at least 4 members (excludes halogenated alkanes) is 1. The maximum absolute atomic E-state index is 11.8. The highest BCUT2D eigenvalue weighted by Gasteiger charge is 2.42. The second kappa shape index (κ2) is 5.24. The van der Waals surface area contributed by atoms with Gasteiger partial charge in [-0.05, 0) is 6.42 Å². The van der Waals surface area contributed by atoms with Crippen molar-refractivity contribution >= 4 is 18.0 Å². The number of nitrogens with zero attached hydrogens (tertiary/aromatic N) is 2. The van der Waals surface area contributed by atoms with Crippen LogP contribution in [0.4, 0.5) is 9.59 Å². The molecule has 0 aliphatic carbocycles. The quantitative estimate of drug-likeness (QED) is 0.537. The molecule has 2 heterocycles. The van der Waals surface area contributed by atoms with Crippen molar-refractivity contribution in [2.24, 2.45) is 0 Å². The summed E-state index contributed by atoms with van der Waals surface area (Å²) in [7, 11) is 0. The van der Waals surface area contributed by atoms with E-state index in [-0.39, 0.29) is 24.5 Å². The molecule has 0 aromatic rings. The Morgan fingerprint density at radius 1 is 1.44 bits per heavy atom. The monoisotopic (exact) mass is 254 g/mol. The van der Waals surface area contributed by atoms with Gasteiger partial charge in [0.1, 0.15) is 6.04 Å². The fourth-order valence-corrected chi connectivity index (χ4v) is 2.18. The lowest BCUT2D eigenvalue weighted by atomic mass is 10.2. The first-order chi connectivity index (χ1) is 8.63. The van der Waals surface area contributed by atoms with E-state index in [2.05, 4.69) is 17.6 Å². The van der Waals surface area contributed by atoms with Crippen LogP contribution in [-0.4, -0.2) is 60.0 Å². The van der Waals surface area contributed by atoms with Crippen LogP contribution in [0.25, 0.3) is 0 Å². The summed E-state index contributed by atoms with van der Waals surface area (Å²) >= 11 is 0. The third-order valence-electron chi connectivity index (χ3n) is 3.27. The number of rotatable bonds is 3. The predicted octanol–water partition coefficient (Wildman–Crippen LogP) is -0.268. The van der Waals surface area contributed by atoms with Gasteiger partial charge in [0.25, 0.3) is 5.91 Å². The second-order valence-electron chi connectivity index (χ2n) is 4.54. The molecule has 100 valence electrons. The van der Waals surface area contributed by atoms with Gasteiger partial charge in [-0.1, -0.05) is 13.3 Å². The van der Waals surface area contributed by atoms with Gasteiger partial charge in [0.2, 0.25) is 0 Å². The highest BCUT2D eigenvalue weighted by Crippen LogP contribution is 2.15. The molecule has 2 rings (SSSR count). The molecule has 5 amide bonds. The van der Waals surface area contributed by atoms with Gasteiger partial charge in [0, 0.05) is 19.6 Å². The molecule has 0 radical (unpaired) electrons. The number of piperazine rings is 1. The van der Waals surface area contributed by atoms with Crippen molar-refractivity contribution in [1.29, 1.82) is 0 Å². The fourth-order valence-electron chi connectivity index (χ4n) is 2.18. The van der Waals surface area contributed by atoms with Crippen molar-refractivity contribution in [2.45, 2.75) is 25.8 Å². The minimum absolute atomic E-state index is 0.157. The fraction of sp³-hybridized carbons (Fsp3) is 0.727. The van der Waals surface area contributed by atoms with Crippen LogP contribution in [0.2, 0.25) is 0 Å². The summed E-state index contributed by atoms with van der Waals surface area (Å²) < 4.78 is 0. The maximum Gasteiger partial charge on any atom is 0.324 e. The van der Waals surface area contributed by atoms with Gasteiger partial charge in [0.15, 0.2) is 0 Å². The Hall–Kier alpha value is -1.79. The average Bonchev–Trinajstić information content (AvgIpc) is 2.65. The third kappa shape index (κ3) is 2.39. The van der Waals surface area contributed by atoms with E-state index in [4.69, 9.17) is 0 Å². The Morgan fingerprint density at radius 3 is 2.94 bits per heavy atom. The van der Waals surface area contributed by atoms with Crippen molar-refractivity contribution in [1.82, 2.24) is 20.4 Å². The Kier molecular flexibility index (Phi) is 3.69. The third-order valence-corrected chi connectivity index (χ3v) is 3.27. The van der Waals surface area contributed by atoms with Crippen LogP contribution >= 0.6 is 0 Å². The summed E-state index contributed by atoms with van der Waals surface area (Å²) in [6.45, 7) is 3.85. The molecule has 1 unspecified atom stereocenters. The van der Waals surface area contributed by atoms with E-state index >= 15 is 0 Å². The number of imide groups is 1. The number of urea groups is 2. The zero-order chi connectivity index (χ0) is 13.1. The van der Waals surface area contributed by atoms with E-state index in [0.29, 0.717) is 19.6 Å². The van der Waals surface area contributed by atoms with Gasteiger partial charge in [-0.15, -0.1) is 0 Å². The first kappa shape index (κ1) is 12.7. The molecule has 0 aromatic carbocycles. The van der Waals surface area contributed by atoms with Crippen molar-refractivity contribution in [3.8, 4) is 0 Å². The lowest BCUT2D eigenvalue weighted by Gasteiger charge is -2.35. The zero-order valence-electron chi connectivity index (χ0n) is 10.4. The topological polar surface area (TPSA) is 81.8 Å². The first-order valence-corrected chi connectivity index (χ1v) is 6.27. The summed E-state index contributed by atoms with van der Waals surface area (Å²) in [5, 5.41) is 5.07. The second-order valence-corrected chi connectivity index (χ2v) is 4.54. The molecule has 2 aliphatic heterocycles. The van der Waals surface area contributed by atoms with E-state index in [1.165, 1.54) is 4.90 Å². The molecule has 2 fully saturated rings. The van der Waals surface area contributed by atoms with Gasteiger partial charge in [-0.3, -0.25) is 10.1 Å². The number of hydrogen-bond donors (Lipinski definition) is 2. The molecule has 0 aromatic heterocycles. The van der Waals surface area contributed by atoms with Crippen LogP contribution in [0.3, 0.4) is 0 Å². The summed E-state index contributed by atoms with van der Waals surface area (Å²) in [5.74, 6) is -0.314. The Bertz CT molecular complexity index is 371. The Morgan fingerprint density at radius 2 is 2.22 bits per heavy atom. The van der Waals surface area contributed by atoms with Crippen LogP contribution in [0.15, 0.2) is 0 Å². The lowest BCUT2D eigenvalue weighted by molar-refractivity contribution is -0.122. The number of carbonyl (C=O) groups excluding carboxylic acids is 3. The molecule has 7 heteroatoms. The molecule has 18 heavy (non-hydrogen) atoms. The summed E-state index contributed by atoms with van der Waals surface area (Å²) in [5.41, 5.74) is 0. The molecule has 0 bridgehead atoms. The molecule has 2 saturated heterocycles. The van der Waals surface area contributed by atoms with Crippen molar-refractivity contribution in [3.05, 3.63) is 0 Å². The number of hydrogen-bond acceptors (Lipinski definition) is 3. The van der Waals surface area contributed by atoms with E-state index < -0.39 is 6.04 Å². The van der Waals surface area contributed by atoms with E-state index in [0.717, 1.165) is 12.8 Å². The average molecular weight is 254 g/mol. The molecule has 0 saturated carbocycles. The molecule has 0 spiro atoms. The maximum atomic E-state index is 11.8. The van der Waals surface area contributed by atoms with Gasteiger partial charge in [-0.2, -0.15) is 0 Å². The highest BCUT2D eigenvalue weighted by molar-refractivity contribution is 6.04. The Labute approximate surface area is 105 Å². The van der Waals surface area contributed by atoms with Crippen LogP contribution < -0.4 is 10.6 Å². The predicted molar refractivity (Wildman–Crippen MR) is 63.9 cm³/mol. The van der Waals surface area contributed by atoms with Crippen LogP contribution in [0.1, 0.15) is 19.8 Å². The van der Waals surface area contributed by atoms with Gasteiger partial charge < -0.3 is 15.1 Å². The van der Waals surface area contributed by atoms with Gasteiger partial charge >= 0.3 is 12.1 Å². The molecule has 7 nitrogen and oxygen atoms in total. The molecular formula is C11H18N4O3. The summed E-state index contributed by atoms with van der Waals surface area (Å²) in [6, 6.07) is -1.03. The summed E-state index contributed by atoms with van der Waals surface area (Å²) in [4.78, 5) is 37.8. The van der Waals surface area contributed by atoms with Crippen LogP contribution in [-0.2, 0) is 4.79 Å². The Balaban J connectivity index is 1.88. The van der Waals surface area contributed by atoms with Gasteiger partial charge in [0.05, 0.1) is 6.54 Å². The molecule has 2 aliphatic rings. The van der Waals surface area contributed by atoms with Crippen molar-refractivity contribution in [2.75, 3.05) is 26.2 Å². The standard InChI is InChI=1S/C11H18N4O3/c1-2-3-4-12-10(17)14-5-6-15-8(7-14)9(16)13-11(15)18/h8H,2-7H2,1H3,(H,12,17)(H,13,16,18). The van der Waals surface area contributed by atoms with E-state index in [9.17, 15) is 14.4 Å². The molecule has 2 N–H and O–H groups in total. The van der Waals surface area contributed by atoms with E-state index in [1.807, 2.05) is 0 Å². The molecule has 1 atom stereocenters. The highest BCUT2D eigenvalue weighted by atomic mass is 16.2. The number of nitrogens with one attached hydrogen (secondary N) is 2. The molecular weight excluding hydrogens is 236 g/mol. The largest absolute Gasteiger partial charge is 0.338 e. The van der Waals surface area contributed by atoms with Crippen molar-refractivity contribution < 1.29 is 14.4 Å².